The number of rotatable bonds is 3. The van der Waals surface area contributed by atoms with Gasteiger partial charge in [-0.15, -0.1) is 0 Å². The fourth-order valence-corrected chi connectivity index (χ4v) is 7.30. The molecule has 2 aromatic heterocycles. The van der Waals surface area contributed by atoms with E-state index in [9.17, 15) is 0 Å². The Kier molecular flexibility index (Phi) is 4.83. The Hall–Kier alpha value is -4.78. The van der Waals surface area contributed by atoms with E-state index < -0.39 is 0 Å². The minimum atomic E-state index is -0.0165. The van der Waals surface area contributed by atoms with Crippen molar-refractivity contribution in [2.24, 2.45) is 5.92 Å². The Morgan fingerprint density at radius 1 is 0.900 bits per heavy atom. The van der Waals surface area contributed by atoms with Gasteiger partial charge in [0, 0.05) is 43.2 Å². The molecule has 0 spiro atoms. The number of para-hydroxylation sites is 2. The maximum absolute atomic E-state index is 6.55. The third-order valence-electron chi connectivity index (χ3n) is 9.08. The molecule has 7 heteroatoms. The van der Waals surface area contributed by atoms with Crippen LogP contribution in [0.3, 0.4) is 0 Å². The molecule has 0 aliphatic carbocycles. The number of hydrogen-bond acceptors (Lipinski definition) is 7. The molecule has 0 radical (unpaired) electrons. The Morgan fingerprint density at radius 3 is 2.60 bits per heavy atom. The van der Waals surface area contributed by atoms with Crippen LogP contribution in [0.15, 0.2) is 96.6 Å². The van der Waals surface area contributed by atoms with E-state index in [-0.39, 0.29) is 24.2 Å². The Labute approximate surface area is 233 Å². The number of aromatic nitrogens is 2. The maximum atomic E-state index is 6.55. The molecule has 0 amide bonds. The number of benzene rings is 3. The largest absolute Gasteiger partial charge is 0.454 e. The summed E-state index contributed by atoms with van der Waals surface area (Å²) in [5, 5.41) is 2.31. The second kappa shape index (κ2) is 8.36. The molecule has 5 heterocycles. The minimum absolute atomic E-state index is 0.0165. The van der Waals surface area contributed by atoms with Crippen LogP contribution in [0.5, 0.6) is 0 Å². The van der Waals surface area contributed by atoms with Crippen LogP contribution in [0.4, 0.5) is 22.9 Å². The number of nitrogens with zero attached hydrogens (tertiary/aromatic N) is 6. The van der Waals surface area contributed by atoms with Gasteiger partial charge in [0.2, 0.25) is 0 Å². The number of anilines is 4. The molecular weight excluding hydrogens is 496 g/mol. The molecule has 8 rings (SSSR count). The average Bonchev–Trinajstić information content (AvgIpc) is 3.65. The van der Waals surface area contributed by atoms with Crippen LogP contribution in [0.1, 0.15) is 24.0 Å². The summed E-state index contributed by atoms with van der Waals surface area (Å²) in [6, 6.07) is 21.3. The summed E-state index contributed by atoms with van der Waals surface area (Å²) in [5.41, 5.74) is 7.53. The summed E-state index contributed by atoms with van der Waals surface area (Å²) in [6.07, 6.45) is 9.97. The van der Waals surface area contributed by atoms with E-state index in [0.717, 1.165) is 44.7 Å². The van der Waals surface area contributed by atoms with Crippen molar-refractivity contribution in [2.75, 3.05) is 28.8 Å². The van der Waals surface area contributed by atoms with E-state index in [0.29, 0.717) is 0 Å². The van der Waals surface area contributed by atoms with Gasteiger partial charge in [0.25, 0.3) is 0 Å². The van der Waals surface area contributed by atoms with Crippen molar-refractivity contribution in [3.63, 3.8) is 0 Å². The molecule has 4 unspecified atom stereocenters. The average molecular weight is 527 g/mol. The van der Waals surface area contributed by atoms with Crippen LogP contribution in [-0.2, 0) is 0 Å². The van der Waals surface area contributed by atoms with E-state index >= 15 is 0 Å². The van der Waals surface area contributed by atoms with E-state index in [4.69, 9.17) is 9.40 Å². The molecule has 0 fully saturated rings. The molecule has 198 valence electrons. The van der Waals surface area contributed by atoms with E-state index in [1.807, 2.05) is 18.3 Å². The summed E-state index contributed by atoms with van der Waals surface area (Å²) in [7, 11) is 4.33. The summed E-state index contributed by atoms with van der Waals surface area (Å²) < 4.78 is 6.55. The Balaban J connectivity index is 1.35. The number of furan rings is 1. The van der Waals surface area contributed by atoms with Crippen LogP contribution >= 0.6 is 0 Å². The van der Waals surface area contributed by atoms with Crippen LogP contribution < -0.4 is 14.7 Å². The SMILES string of the molecule is C=Cc1ccccc1N1c2cncnc2N(C)C1C1C(C)c2ccc3c(oc4ccccc43)c2N2C=CN(C)C12. The highest BCUT2D eigenvalue weighted by Crippen LogP contribution is 2.55. The highest BCUT2D eigenvalue weighted by Gasteiger charge is 2.53. The predicted molar refractivity (Wildman–Crippen MR) is 162 cm³/mol. The number of hydrogen-bond donors (Lipinski definition) is 0. The molecule has 7 nitrogen and oxygen atoms in total. The van der Waals surface area contributed by atoms with Crippen molar-refractivity contribution in [1.82, 2.24) is 14.9 Å². The summed E-state index contributed by atoms with van der Waals surface area (Å²) in [6.45, 7) is 6.49. The first-order valence-electron chi connectivity index (χ1n) is 13.7. The van der Waals surface area contributed by atoms with Gasteiger partial charge in [-0.3, -0.25) is 0 Å². The monoisotopic (exact) mass is 526 g/mol. The lowest BCUT2D eigenvalue weighted by Gasteiger charge is -2.50. The Bertz CT molecular complexity index is 1840. The summed E-state index contributed by atoms with van der Waals surface area (Å²) >= 11 is 0. The predicted octanol–water partition coefficient (Wildman–Crippen LogP) is 6.92. The van der Waals surface area contributed by atoms with E-state index in [1.165, 1.54) is 11.3 Å². The Morgan fingerprint density at radius 2 is 1.73 bits per heavy atom. The highest BCUT2D eigenvalue weighted by molar-refractivity contribution is 6.10. The zero-order chi connectivity index (χ0) is 27.1. The first-order chi connectivity index (χ1) is 19.6. The molecular formula is C33H30N6O. The molecule has 5 aromatic rings. The van der Waals surface area contributed by atoms with Gasteiger partial charge in [-0.25, -0.2) is 9.97 Å². The molecule has 3 aromatic carbocycles. The van der Waals surface area contributed by atoms with Crippen molar-refractivity contribution in [1.29, 1.82) is 0 Å². The van der Waals surface area contributed by atoms with Gasteiger partial charge in [-0.1, -0.05) is 68.1 Å². The zero-order valence-corrected chi connectivity index (χ0v) is 22.8. The third-order valence-corrected chi connectivity index (χ3v) is 9.08. The minimum Gasteiger partial charge on any atom is -0.454 e. The molecule has 0 bridgehead atoms. The van der Waals surface area contributed by atoms with Crippen molar-refractivity contribution in [3.8, 4) is 0 Å². The van der Waals surface area contributed by atoms with Gasteiger partial charge in [-0.05, 0) is 29.2 Å². The molecule has 0 saturated carbocycles. The second-order valence-corrected chi connectivity index (χ2v) is 11.0. The normalized spacial score (nSPS) is 23.2. The lowest BCUT2D eigenvalue weighted by Crippen LogP contribution is -2.59. The first kappa shape index (κ1) is 23.1. The van der Waals surface area contributed by atoms with Crippen LogP contribution in [0.2, 0.25) is 0 Å². The van der Waals surface area contributed by atoms with E-state index in [1.54, 1.807) is 6.33 Å². The lowest BCUT2D eigenvalue weighted by atomic mass is 9.77. The fraction of sp³-hybridized carbons (Fsp3) is 0.212. The van der Waals surface area contributed by atoms with Gasteiger partial charge in [-0.2, -0.15) is 0 Å². The van der Waals surface area contributed by atoms with Crippen molar-refractivity contribution in [2.45, 2.75) is 25.2 Å². The fourth-order valence-electron chi connectivity index (χ4n) is 7.30. The summed E-state index contributed by atoms with van der Waals surface area (Å²) in [5.74, 6) is 1.32. The van der Waals surface area contributed by atoms with Crippen LogP contribution in [0.25, 0.3) is 28.0 Å². The van der Waals surface area contributed by atoms with Gasteiger partial charge >= 0.3 is 0 Å². The second-order valence-electron chi connectivity index (χ2n) is 11.0. The van der Waals surface area contributed by atoms with Crippen LogP contribution in [-0.4, -0.2) is 41.3 Å². The van der Waals surface area contributed by atoms with E-state index in [2.05, 4.69) is 119 Å². The lowest BCUT2D eigenvalue weighted by molar-refractivity contribution is 0.190. The van der Waals surface area contributed by atoms with Gasteiger partial charge in [0.15, 0.2) is 11.4 Å². The third kappa shape index (κ3) is 2.94. The number of fused-ring (bicyclic) bond motifs is 8. The van der Waals surface area contributed by atoms with Crippen molar-refractivity contribution < 1.29 is 4.42 Å². The van der Waals surface area contributed by atoms with Crippen molar-refractivity contribution in [3.05, 3.63) is 103 Å². The van der Waals surface area contributed by atoms with Crippen molar-refractivity contribution >= 4 is 50.9 Å². The highest BCUT2D eigenvalue weighted by atomic mass is 16.3. The van der Waals surface area contributed by atoms with Gasteiger partial charge in [0.1, 0.15) is 29.9 Å². The smallest absolute Gasteiger partial charge is 0.159 e. The molecule has 0 N–H and O–H groups in total. The molecule has 0 saturated heterocycles. The van der Waals surface area contributed by atoms with Crippen LogP contribution in [0, 0.1) is 5.92 Å². The molecule has 3 aliphatic rings. The topological polar surface area (TPSA) is 51.9 Å². The zero-order valence-electron chi connectivity index (χ0n) is 22.8. The quantitative estimate of drug-likeness (QED) is 0.253. The maximum Gasteiger partial charge on any atom is 0.159 e. The standard InChI is InChI=1S/C33H30N6O/c1-5-21-10-6-8-12-25(21)39-26-18-34-19-35-31(26)37(4)33(39)28-20(2)22-14-15-24-23-11-7-9-13-27(23)40-30(24)29(22)38-17-16-36(3)32(28)38/h5-20,28,32-33H,1H2,2-4H3. The molecule has 40 heavy (non-hydrogen) atoms. The van der Waals surface area contributed by atoms with Gasteiger partial charge in [0.05, 0.1) is 17.6 Å². The molecule has 3 aliphatic heterocycles. The summed E-state index contributed by atoms with van der Waals surface area (Å²) in [4.78, 5) is 18.7. The molecule has 4 atom stereocenters. The first-order valence-corrected chi connectivity index (χ1v) is 13.7. The van der Waals surface area contributed by atoms with Gasteiger partial charge < -0.3 is 24.0 Å².